The van der Waals surface area contributed by atoms with Crippen LogP contribution in [0.2, 0.25) is 0 Å². The van der Waals surface area contributed by atoms with Gasteiger partial charge in [0.1, 0.15) is 23.8 Å². The summed E-state index contributed by atoms with van der Waals surface area (Å²) in [4.78, 5) is 90.0. The summed E-state index contributed by atoms with van der Waals surface area (Å²) >= 11 is 0. The molecule has 13 nitrogen and oxygen atoms in total. The van der Waals surface area contributed by atoms with Crippen LogP contribution in [0.1, 0.15) is 97.0 Å². The number of ketones is 1. The number of nitrogens with one attached hydrogen (secondary N) is 4. The van der Waals surface area contributed by atoms with Crippen molar-refractivity contribution in [1.82, 2.24) is 36.1 Å². The molecule has 4 N–H and O–H groups in total. The monoisotopic (exact) mass is 639 g/mol. The van der Waals surface area contributed by atoms with Crippen molar-refractivity contribution in [3.05, 3.63) is 24.3 Å². The predicted molar refractivity (Wildman–Crippen MR) is 169 cm³/mol. The Kier molecular flexibility index (Phi) is 11.2. The van der Waals surface area contributed by atoms with Crippen LogP contribution in [0.15, 0.2) is 18.6 Å². The minimum absolute atomic E-state index is 0.0109. The second-order valence-corrected chi connectivity index (χ2v) is 14.3. The van der Waals surface area contributed by atoms with E-state index in [2.05, 4.69) is 31.2 Å². The standard InChI is InChI=1S/C33H49N7O6/c1-7-9-22(26(41)31(45)36-20-12-13-20)37-30(44)25-21-11-8-10-19(21)17-40(25)32(46)27(33(4,5)6)39-29(43)24(18(2)3)38-28(42)23-16-34-14-15-35-23/h14-16,18-22,24-25,27H,7-13,17H2,1-6H3,(H,36,45)(H,37,44)(H,38,42)(H,39,43)/t19-,21-,22+,24-,25-,27+/m0/s1. The van der Waals surface area contributed by atoms with Gasteiger partial charge in [-0.25, -0.2) is 4.98 Å². The molecule has 0 radical (unpaired) electrons. The van der Waals surface area contributed by atoms with Gasteiger partial charge in [-0.05, 0) is 55.3 Å². The number of hydrogen-bond donors (Lipinski definition) is 4. The fourth-order valence-corrected chi connectivity index (χ4v) is 6.54. The van der Waals surface area contributed by atoms with E-state index < -0.39 is 64.9 Å². The molecular formula is C33H49N7O6. The zero-order valence-electron chi connectivity index (χ0n) is 27.8. The lowest BCUT2D eigenvalue weighted by atomic mass is 9.85. The highest BCUT2D eigenvalue weighted by Crippen LogP contribution is 2.43. The van der Waals surface area contributed by atoms with Crippen LogP contribution in [0.4, 0.5) is 0 Å². The first kappa shape index (κ1) is 35.0. The highest BCUT2D eigenvalue weighted by Gasteiger charge is 2.52. The quantitative estimate of drug-likeness (QED) is 0.235. The van der Waals surface area contributed by atoms with E-state index in [0.29, 0.717) is 19.4 Å². The Morgan fingerprint density at radius 1 is 0.978 bits per heavy atom. The Labute approximate surface area is 270 Å². The van der Waals surface area contributed by atoms with Gasteiger partial charge in [0.05, 0.1) is 12.2 Å². The summed E-state index contributed by atoms with van der Waals surface area (Å²) in [5.74, 6) is -3.61. The van der Waals surface area contributed by atoms with Gasteiger partial charge < -0.3 is 26.2 Å². The molecule has 2 saturated carbocycles. The van der Waals surface area contributed by atoms with E-state index in [1.165, 1.54) is 18.6 Å². The lowest BCUT2D eigenvalue weighted by Crippen LogP contribution is -2.62. The SMILES string of the molecule is CCC[C@@H](NC(=O)[C@@H]1[C@H]2CCC[C@H]2CN1C(=O)[C@@H](NC(=O)[C@@H](NC(=O)c1cnccn1)C(C)C)C(C)(C)C)C(=O)C(=O)NC1CC1. The molecule has 6 atom stereocenters. The molecule has 46 heavy (non-hydrogen) atoms. The molecule has 252 valence electrons. The van der Waals surface area contributed by atoms with E-state index in [4.69, 9.17) is 0 Å². The average Bonchev–Trinajstić information content (AvgIpc) is 3.57. The number of carbonyl (C=O) groups is 6. The van der Waals surface area contributed by atoms with Crippen molar-refractivity contribution in [3.8, 4) is 0 Å². The third kappa shape index (κ3) is 8.27. The summed E-state index contributed by atoms with van der Waals surface area (Å²) in [7, 11) is 0. The molecule has 1 aliphatic heterocycles. The number of Topliss-reactive ketones (excluding diaryl/α,β-unsaturated/α-hetero) is 1. The minimum atomic E-state index is -1.01. The predicted octanol–water partition coefficient (Wildman–Crippen LogP) is 1.52. The van der Waals surface area contributed by atoms with Crippen LogP contribution in [0, 0.1) is 23.2 Å². The summed E-state index contributed by atoms with van der Waals surface area (Å²) in [5, 5.41) is 11.2. The Morgan fingerprint density at radius 2 is 1.70 bits per heavy atom. The van der Waals surface area contributed by atoms with Crippen LogP contribution in [-0.2, 0) is 24.0 Å². The van der Waals surface area contributed by atoms with E-state index in [1.807, 2.05) is 27.7 Å². The van der Waals surface area contributed by atoms with Gasteiger partial charge in [-0.15, -0.1) is 0 Å². The Bertz CT molecular complexity index is 1310. The summed E-state index contributed by atoms with van der Waals surface area (Å²) in [6.07, 6.45) is 9.25. The number of rotatable bonds is 13. The van der Waals surface area contributed by atoms with Gasteiger partial charge in [0.15, 0.2) is 0 Å². The van der Waals surface area contributed by atoms with Gasteiger partial charge in [-0.3, -0.25) is 33.8 Å². The molecule has 2 heterocycles. The van der Waals surface area contributed by atoms with Crippen molar-refractivity contribution >= 4 is 35.3 Å². The van der Waals surface area contributed by atoms with E-state index in [0.717, 1.165) is 32.1 Å². The maximum atomic E-state index is 14.4. The maximum Gasteiger partial charge on any atom is 0.289 e. The molecular weight excluding hydrogens is 590 g/mol. The Morgan fingerprint density at radius 3 is 2.28 bits per heavy atom. The topological polar surface area (TPSA) is 180 Å². The molecule has 1 saturated heterocycles. The minimum Gasteiger partial charge on any atom is -0.347 e. The van der Waals surface area contributed by atoms with Crippen LogP contribution >= 0.6 is 0 Å². The van der Waals surface area contributed by atoms with Crippen molar-refractivity contribution < 1.29 is 28.8 Å². The average molecular weight is 640 g/mol. The maximum absolute atomic E-state index is 14.4. The molecule has 13 heteroatoms. The third-order valence-electron chi connectivity index (χ3n) is 9.22. The first-order valence-corrected chi connectivity index (χ1v) is 16.6. The smallest absolute Gasteiger partial charge is 0.289 e. The molecule has 4 rings (SSSR count). The first-order valence-electron chi connectivity index (χ1n) is 16.6. The molecule has 3 fully saturated rings. The van der Waals surface area contributed by atoms with Crippen LogP contribution in [0.5, 0.6) is 0 Å². The Balaban J connectivity index is 1.53. The molecule has 3 aliphatic rings. The zero-order chi connectivity index (χ0) is 33.8. The normalized spacial score (nSPS) is 22.8. The largest absolute Gasteiger partial charge is 0.347 e. The van der Waals surface area contributed by atoms with Crippen molar-refractivity contribution in [2.24, 2.45) is 23.2 Å². The van der Waals surface area contributed by atoms with Crippen molar-refractivity contribution in [3.63, 3.8) is 0 Å². The van der Waals surface area contributed by atoms with Crippen molar-refractivity contribution in [1.29, 1.82) is 0 Å². The first-order chi connectivity index (χ1) is 21.7. The second-order valence-electron chi connectivity index (χ2n) is 14.3. The van der Waals surface area contributed by atoms with Crippen LogP contribution < -0.4 is 21.3 Å². The third-order valence-corrected chi connectivity index (χ3v) is 9.22. The number of amides is 5. The number of carbonyl (C=O) groups excluding carboxylic acids is 6. The molecule has 0 unspecified atom stereocenters. The summed E-state index contributed by atoms with van der Waals surface area (Å²) in [5.41, 5.74) is -0.685. The highest BCUT2D eigenvalue weighted by molar-refractivity contribution is 6.38. The van der Waals surface area contributed by atoms with E-state index in [9.17, 15) is 28.8 Å². The van der Waals surface area contributed by atoms with Gasteiger partial charge in [-0.1, -0.05) is 54.4 Å². The summed E-state index contributed by atoms with van der Waals surface area (Å²) in [6.45, 7) is 11.3. The van der Waals surface area contributed by atoms with Crippen LogP contribution in [0.25, 0.3) is 0 Å². The van der Waals surface area contributed by atoms with E-state index in [-0.39, 0.29) is 29.5 Å². The van der Waals surface area contributed by atoms with Gasteiger partial charge in [-0.2, -0.15) is 0 Å². The number of fused-ring (bicyclic) bond motifs is 1. The summed E-state index contributed by atoms with van der Waals surface area (Å²) in [6, 6.07) is -3.79. The second kappa shape index (κ2) is 14.7. The fourth-order valence-electron chi connectivity index (χ4n) is 6.54. The van der Waals surface area contributed by atoms with Crippen LogP contribution in [0.3, 0.4) is 0 Å². The molecule has 0 bridgehead atoms. The molecule has 0 aromatic carbocycles. The lowest BCUT2D eigenvalue weighted by Gasteiger charge is -2.37. The fraction of sp³-hybridized carbons (Fsp3) is 0.697. The summed E-state index contributed by atoms with van der Waals surface area (Å²) < 4.78 is 0. The Hall–Kier alpha value is -3.90. The van der Waals surface area contributed by atoms with Gasteiger partial charge in [0.25, 0.3) is 11.8 Å². The van der Waals surface area contributed by atoms with Crippen LogP contribution in [-0.4, -0.2) is 86.9 Å². The van der Waals surface area contributed by atoms with Crippen molar-refractivity contribution in [2.75, 3.05) is 6.54 Å². The number of likely N-dealkylation sites (tertiary alicyclic amines) is 1. The molecule has 1 aromatic rings. The zero-order valence-corrected chi connectivity index (χ0v) is 27.8. The molecule has 5 amide bonds. The number of aromatic nitrogens is 2. The number of nitrogens with zero attached hydrogens (tertiary/aromatic N) is 3. The molecule has 1 aromatic heterocycles. The molecule has 0 spiro atoms. The van der Waals surface area contributed by atoms with Crippen molar-refractivity contribution in [2.45, 2.75) is 117 Å². The highest BCUT2D eigenvalue weighted by atomic mass is 16.2. The van der Waals surface area contributed by atoms with Gasteiger partial charge in [0, 0.05) is 25.0 Å². The molecule has 2 aliphatic carbocycles. The van der Waals surface area contributed by atoms with E-state index in [1.54, 1.807) is 18.7 Å². The van der Waals surface area contributed by atoms with Gasteiger partial charge in [0.2, 0.25) is 23.5 Å². The van der Waals surface area contributed by atoms with Gasteiger partial charge >= 0.3 is 0 Å². The lowest BCUT2D eigenvalue weighted by molar-refractivity contribution is -0.146. The van der Waals surface area contributed by atoms with E-state index >= 15 is 0 Å². The number of hydrogen-bond acceptors (Lipinski definition) is 8.